The first kappa shape index (κ1) is 7.02. The first-order valence-corrected chi connectivity index (χ1v) is 2.97. The fourth-order valence-electron chi connectivity index (χ4n) is 0.672. The number of aliphatic hydroxyl groups excluding tert-OH is 1. The van der Waals surface area contributed by atoms with Gasteiger partial charge in [0.25, 0.3) is 0 Å². The van der Waals surface area contributed by atoms with Gasteiger partial charge in [-0.3, -0.25) is 0 Å². The molecule has 0 aromatic heterocycles. The Hall–Kier alpha value is -1.09. The third-order valence-corrected chi connectivity index (χ3v) is 1.20. The minimum atomic E-state index is -1.05. The average Bonchev–Trinajstić information content (AvgIpc) is 2.05. The summed E-state index contributed by atoms with van der Waals surface area (Å²) in [5, 5.41) is 8.90. The van der Waals surface area contributed by atoms with Gasteiger partial charge in [-0.1, -0.05) is 6.08 Å². The van der Waals surface area contributed by atoms with Crippen LogP contribution >= 0.6 is 0 Å². The highest BCUT2D eigenvalue weighted by Crippen LogP contribution is 2.04. The highest BCUT2D eigenvalue weighted by molar-refractivity contribution is 5.57. The zero-order valence-corrected chi connectivity index (χ0v) is 5.31. The summed E-state index contributed by atoms with van der Waals surface area (Å²) in [6, 6.07) is 0. The zero-order valence-electron chi connectivity index (χ0n) is 5.31. The van der Waals surface area contributed by atoms with Crippen LogP contribution in [0.2, 0.25) is 0 Å². The van der Waals surface area contributed by atoms with E-state index in [-0.39, 0.29) is 0 Å². The van der Waals surface area contributed by atoms with E-state index in [1.165, 1.54) is 6.26 Å². The molecule has 2 atom stereocenters. The molecule has 1 rings (SSSR count). The molecule has 0 aliphatic carbocycles. The molecule has 1 aliphatic rings. The van der Waals surface area contributed by atoms with E-state index in [0.717, 1.165) is 0 Å². The first-order chi connectivity index (χ1) is 4.84. The molecule has 0 saturated carbocycles. The summed E-state index contributed by atoms with van der Waals surface area (Å²) in [4.78, 5) is 10.0. The van der Waals surface area contributed by atoms with Gasteiger partial charge in [-0.05, 0) is 12.2 Å². The number of carbonyl (C=O) groups excluding carboxylic acids is 1. The Kier molecular flexibility index (Phi) is 2.23. The Labute approximate surface area is 58.6 Å². The summed E-state index contributed by atoms with van der Waals surface area (Å²) in [6.45, 7) is 0. The SMILES string of the molecule is O=CC(O)C1C=CC=CO1. The quantitative estimate of drug-likeness (QED) is 0.550. The molecule has 0 fully saturated rings. The van der Waals surface area contributed by atoms with Gasteiger partial charge < -0.3 is 14.6 Å². The Balaban J connectivity index is 2.50. The van der Waals surface area contributed by atoms with Crippen LogP contribution in [0, 0.1) is 0 Å². The molecular formula is C7H8O3. The monoisotopic (exact) mass is 140 g/mol. The minimum absolute atomic E-state index is 0.453. The molecule has 0 spiro atoms. The van der Waals surface area contributed by atoms with Crippen LogP contribution in [0.25, 0.3) is 0 Å². The van der Waals surface area contributed by atoms with Gasteiger partial charge in [0, 0.05) is 0 Å². The number of aldehydes is 1. The minimum Gasteiger partial charge on any atom is -0.491 e. The Bertz CT molecular complexity index is 172. The lowest BCUT2D eigenvalue weighted by Crippen LogP contribution is -2.27. The largest absolute Gasteiger partial charge is 0.491 e. The van der Waals surface area contributed by atoms with E-state index in [1.54, 1.807) is 18.2 Å². The first-order valence-electron chi connectivity index (χ1n) is 2.97. The lowest BCUT2D eigenvalue weighted by Gasteiger charge is -2.15. The highest BCUT2D eigenvalue weighted by atomic mass is 16.5. The predicted octanol–water partition coefficient (Wildman–Crippen LogP) is 0.0149. The lowest BCUT2D eigenvalue weighted by molar-refractivity contribution is -0.118. The summed E-state index contributed by atoms with van der Waals surface area (Å²) >= 11 is 0. The second-order valence-electron chi connectivity index (χ2n) is 1.94. The number of aliphatic hydroxyl groups is 1. The van der Waals surface area contributed by atoms with E-state index in [9.17, 15) is 4.79 Å². The molecule has 0 aromatic rings. The number of allylic oxidation sites excluding steroid dienone is 2. The van der Waals surface area contributed by atoms with Crippen LogP contribution < -0.4 is 0 Å². The van der Waals surface area contributed by atoms with Crippen LogP contribution in [0.3, 0.4) is 0 Å². The smallest absolute Gasteiger partial charge is 0.152 e. The van der Waals surface area contributed by atoms with Crippen molar-refractivity contribution >= 4 is 6.29 Å². The average molecular weight is 140 g/mol. The Morgan fingerprint density at radius 1 is 1.60 bits per heavy atom. The van der Waals surface area contributed by atoms with Crippen LogP contribution in [0.4, 0.5) is 0 Å². The van der Waals surface area contributed by atoms with Crippen molar-refractivity contribution in [3.63, 3.8) is 0 Å². The van der Waals surface area contributed by atoms with Crippen molar-refractivity contribution in [3.8, 4) is 0 Å². The van der Waals surface area contributed by atoms with E-state index in [4.69, 9.17) is 9.84 Å². The predicted molar refractivity (Wildman–Crippen MR) is 35.2 cm³/mol. The van der Waals surface area contributed by atoms with Gasteiger partial charge >= 0.3 is 0 Å². The van der Waals surface area contributed by atoms with Crippen molar-refractivity contribution in [2.75, 3.05) is 0 Å². The van der Waals surface area contributed by atoms with Crippen LogP contribution in [-0.2, 0) is 9.53 Å². The van der Waals surface area contributed by atoms with Crippen LogP contribution in [0.5, 0.6) is 0 Å². The number of hydrogen-bond acceptors (Lipinski definition) is 3. The maximum Gasteiger partial charge on any atom is 0.152 e. The van der Waals surface area contributed by atoms with E-state index in [0.29, 0.717) is 6.29 Å². The van der Waals surface area contributed by atoms with E-state index in [1.807, 2.05) is 0 Å². The molecule has 0 bridgehead atoms. The van der Waals surface area contributed by atoms with Crippen molar-refractivity contribution in [3.05, 3.63) is 24.5 Å². The fourth-order valence-corrected chi connectivity index (χ4v) is 0.672. The van der Waals surface area contributed by atoms with Crippen molar-refractivity contribution in [2.45, 2.75) is 12.2 Å². The number of ether oxygens (including phenoxy) is 1. The van der Waals surface area contributed by atoms with E-state index >= 15 is 0 Å². The van der Waals surface area contributed by atoms with Gasteiger partial charge in [-0.2, -0.15) is 0 Å². The molecule has 2 unspecified atom stereocenters. The molecule has 54 valence electrons. The Morgan fingerprint density at radius 2 is 2.40 bits per heavy atom. The normalized spacial score (nSPS) is 25.5. The maximum absolute atomic E-state index is 10.0. The van der Waals surface area contributed by atoms with Crippen molar-refractivity contribution < 1.29 is 14.6 Å². The summed E-state index contributed by atoms with van der Waals surface area (Å²) in [6.07, 6.45) is 5.36. The van der Waals surface area contributed by atoms with Gasteiger partial charge in [0.2, 0.25) is 0 Å². The number of hydrogen-bond donors (Lipinski definition) is 1. The molecule has 0 amide bonds. The molecule has 3 nitrogen and oxygen atoms in total. The van der Waals surface area contributed by atoms with Gasteiger partial charge in [0.05, 0.1) is 6.26 Å². The zero-order chi connectivity index (χ0) is 7.40. The topological polar surface area (TPSA) is 46.5 Å². The number of carbonyl (C=O) groups is 1. The van der Waals surface area contributed by atoms with E-state index in [2.05, 4.69) is 0 Å². The van der Waals surface area contributed by atoms with Crippen molar-refractivity contribution in [2.24, 2.45) is 0 Å². The molecule has 10 heavy (non-hydrogen) atoms. The van der Waals surface area contributed by atoms with Gasteiger partial charge in [-0.25, -0.2) is 0 Å². The molecular weight excluding hydrogens is 132 g/mol. The third-order valence-electron chi connectivity index (χ3n) is 1.20. The van der Waals surface area contributed by atoms with Gasteiger partial charge in [-0.15, -0.1) is 0 Å². The molecule has 1 N–H and O–H groups in total. The van der Waals surface area contributed by atoms with Crippen molar-refractivity contribution in [1.82, 2.24) is 0 Å². The summed E-state index contributed by atoms with van der Waals surface area (Å²) < 4.78 is 4.88. The third kappa shape index (κ3) is 1.45. The van der Waals surface area contributed by atoms with Crippen LogP contribution in [0.15, 0.2) is 24.5 Å². The summed E-state index contributed by atoms with van der Waals surface area (Å²) in [5.41, 5.74) is 0. The molecule has 0 aromatic carbocycles. The van der Waals surface area contributed by atoms with Crippen molar-refractivity contribution in [1.29, 1.82) is 0 Å². The van der Waals surface area contributed by atoms with Crippen LogP contribution in [-0.4, -0.2) is 23.6 Å². The summed E-state index contributed by atoms with van der Waals surface area (Å²) in [7, 11) is 0. The highest BCUT2D eigenvalue weighted by Gasteiger charge is 2.15. The van der Waals surface area contributed by atoms with Crippen LogP contribution in [0.1, 0.15) is 0 Å². The molecule has 1 heterocycles. The molecule has 1 aliphatic heterocycles. The maximum atomic E-state index is 10.0. The molecule has 3 heteroatoms. The molecule has 0 saturated heterocycles. The standard InChI is InChI=1S/C7H8O3/c8-5-6(9)7-3-1-2-4-10-7/h1-7,9H. The second kappa shape index (κ2) is 3.17. The van der Waals surface area contributed by atoms with E-state index < -0.39 is 12.2 Å². The van der Waals surface area contributed by atoms with Gasteiger partial charge in [0.15, 0.2) is 6.29 Å². The fraction of sp³-hybridized carbons (Fsp3) is 0.286. The Morgan fingerprint density at radius 3 is 2.90 bits per heavy atom. The second-order valence-corrected chi connectivity index (χ2v) is 1.94. The summed E-state index contributed by atoms with van der Waals surface area (Å²) in [5.74, 6) is 0. The number of rotatable bonds is 2. The lowest BCUT2D eigenvalue weighted by atomic mass is 10.2. The molecule has 0 radical (unpaired) electrons. The van der Waals surface area contributed by atoms with Gasteiger partial charge in [0.1, 0.15) is 12.2 Å².